The molecule has 2 aromatic carbocycles. The van der Waals surface area contributed by atoms with Crippen molar-refractivity contribution in [1.29, 1.82) is 0 Å². The third kappa shape index (κ3) is 3.70. The zero-order valence-corrected chi connectivity index (χ0v) is 15.9. The van der Waals surface area contributed by atoms with Crippen LogP contribution in [0.1, 0.15) is 10.4 Å². The molecule has 150 valence electrons. The van der Waals surface area contributed by atoms with E-state index in [4.69, 9.17) is 5.11 Å². The lowest BCUT2D eigenvalue weighted by molar-refractivity contribution is 0.0992. The molecule has 0 aliphatic heterocycles. The van der Waals surface area contributed by atoms with Gasteiger partial charge in [-0.2, -0.15) is 0 Å². The van der Waals surface area contributed by atoms with E-state index in [1.54, 1.807) is 72.4 Å². The Morgan fingerprint density at radius 1 is 1.03 bits per heavy atom. The fourth-order valence-corrected chi connectivity index (χ4v) is 3.14. The Labute approximate surface area is 171 Å². The molecule has 2 aromatic heterocycles. The first kappa shape index (κ1) is 19.1. The van der Waals surface area contributed by atoms with Gasteiger partial charge >= 0.3 is 6.09 Å². The molecule has 0 aliphatic carbocycles. The van der Waals surface area contributed by atoms with Crippen LogP contribution in [0.5, 0.6) is 0 Å². The second kappa shape index (κ2) is 7.67. The van der Waals surface area contributed by atoms with Gasteiger partial charge < -0.3 is 10.0 Å². The van der Waals surface area contributed by atoms with Gasteiger partial charge in [-0.25, -0.2) is 14.2 Å². The van der Waals surface area contributed by atoms with Gasteiger partial charge in [0.25, 0.3) is 5.91 Å². The number of nitrogens with zero attached hydrogens (tertiary/aromatic N) is 3. The van der Waals surface area contributed by atoms with E-state index in [1.165, 1.54) is 17.0 Å². The minimum absolute atomic E-state index is 0.246. The van der Waals surface area contributed by atoms with Crippen LogP contribution in [0, 0.1) is 5.82 Å². The number of benzene rings is 2. The van der Waals surface area contributed by atoms with E-state index >= 15 is 0 Å². The number of pyridine rings is 1. The fraction of sp³-hybridized carbons (Fsp3) is 0.0455. The number of aromatic nitrogens is 2. The molecular formula is C22H17FN4O3. The Morgan fingerprint density at radius 3 is 2.40 bits per heavy atom. The number of carboxylic acid groups (broad SMARTS) is 1. The van der Waals surface area contributed by atoms with Gasteiger partial charge in [0.05, 0.1) is 17.5 Å². The van der Waals surface area contributed by atoms with Gasteiger partial charge in [-0.15, -0.1) is 0 Å². The third-order valence-electron chi connectivity index (χ3n) is 4.70. The molecule has 4 aromatic rings. The summed E-state index contributed by atoms with van der Waals surface area (Å²) in [5.41, 5.74) is 3.71. The van der Waals surface area contributed by atoms with Crippen LogP contribution in [0.15, 0.2) is 73.1 Å². The monoisotopic (exact) mass is 404 g/mol. The molecule has 0 radical (unpaired) electrons. The molecular weight excluding hydrogens is 387 g/mol. The van der Waals surface area contributed by atoms with E-state index in [-0.39, 0.29) is 11.7 Å². The van der Waals surface area contributed by atoms with Crippen molar-refractivity contribution < 1.29 is 19.1 Å². The number of imidazole rings is 1. The Kier molecular flexibility index (Phi) is 4.89. The maximum Gasteiger partial charge on any atom is 0.409 e. The molecule has 0 bridgehead atoms. The van der Waals surface area contributed by atoms with Crippen molar-refractivity contribution in [3.8, 4) is 11.3 Å². The number of rotatable bonds is 4. The van der Waals surface area contributed by atoms with Gasteiger partial charge in [-0.3, -0.25) is 14.5 Å². The molecule has 0 saturated heterocycles. The summed E-state index contributed by atoms with van der Waals surface area (Å²) < 4.78 is 15.0. The molecule has 0 spiro atoms. The summed E-state index contributed by atoms with van der Waals surface area (Å²) >= 11 is 0. The summed E-state index contributed by atoms with van der Waals surface area (Å²) in [5.74, 6) is -0.613. The lowest BCUT2D eigenvalue weighted by Gasteiger charge is -2.17. The van der Waals surface area contributed by atoms with Gasteiger partial charge in [-0.05, 0) is 48.5 Å². The average Bonchev–Trinajstić information content (AvgIpc) is 3.16. The molecule has 0 atom stereocenters. The lowest BCUT2D eigenvalue weighted by Crippen LogP contribution is -2.26. The van der Waals surface area contributed by atoms with E-state index in [0.29, 0.717) is 22.6 Å². The molecule has 0 saturated carbocycles. The Hall–Kier alpha value is -4.20. The highest BCUT2D eigenvalue weighted by molar-refractivity contribution is 6.05. The standard InChI is InChI=1S/C22H17FN4O3/c1-26(18-9-5-16(23)6-10-18)21(28)15-4-11-20-24-12-19(27(20)13-15)14-2-7-17(8-3-14)25-22(29)30/h2-13,25H,1H3,(H,29,30). The summed E-state index contributed by atoms with van der Waals surface area (Å²) in [5, 5.41) is 11.1. The highest BCUT2D eigenvalue weighted by atomic mass is 19.1. The fourth-order valence-electron chi connectivity index (χ4n) is 3.14. The molecule has 30 heavy (non-hydrogen) atoms. The Balaban J connectivity index is 1.66. The maximum absolute atomic E-state index is 13.2. The van der Waals surface area contributed by atoms with Crippen LogP contribution in [0.4, 0.5) is 20.6 Å². The number of anilines is 2. The summed E-state index contributed by atoms with van der Waals surface area (Å²) in [6, 6.07) is 16.0. The summed E-state index contributed by atoms with van der Waals surface area (Å²) in [6.45, 7) is 0. The van der Waals surface area contributed by atoms with Gasteiger partial charge in [-0.1, -0.05) is 12.1 Å². The highest BCUT2D eigenvalue weighted by Crippen LogP contribution is 2.24. The van der Waals surface area contributed by atoms with Crippen molar-refractivity contribution in [3.05, 3.63) is 84.4 Å². The number of amides is 2. The van der Waals surface area contributed by atoms with E-state index in [1.807, 2.05) is 0 Å². The molecule has 0 fully saturated rings. The highest BCUT2D eigenvalue weighted by Gasteiger charge is 2.16. The van der Waals surface area contributed by atoms with Crippen molar-refractivity contribution in [2.45, 2.75) is 0 Å². The first-order valence-electron chi connectivity index (χ1n) is 9.03. The number of carbonyl (C=O) groups is 2. The number of hydrogen-bond donors (Lipinski definition) is 2. The van der Waals surface area contributed by atoms with Crippen LogP contribution >= 0.6 is 0 Å². The molecule has 2 amide bonds. The normalized spacial score (nSPS) is 10.7. The van der Waals surface area contributed by atoms with Gasteiger partial charge in [0.15, 0.2) is 0 Å². The van der Waals surface area contributed by atoms with E-state index < -0.39 is 6.09 Å². The van der Waals surface area contributed by atoms with Crippen molar-refractivity contribution in [2.75, 3.05) is 17.3 Å². The quantitative estimate of drug-likeness (QED) is 0.524. The largest absolute Gasteiger partial charge is 0.465 e. The molecule has 2 heterocycles. The van der Waals surface area contributed by atoms with Crippen LogP contribution in [-0.2, 0) is 0 Å². The second-order valence-electron chi connectivity index (χ2n) is 6.64. The number of nitrogens with one attached hydrogen (secondary N) is 1. The summed E-state index contributed by atoms with van der Waals surface area (Å²) in [6.07, 6.45) is 2.25. The maximum atomic E-state index is 13.2. The number of hydrogen-bond acceptors (Lipinski definition) is 3. The van der Waals surface area contributed by atoms with Crippen molar-refractivity contribution in [1.82, 2.24) is 9.38 Å². The number of carbonyl (C=O) groups excluding carboxylic acids is 1. The minimum Gasteiger partial charge on any atom is -0.465 e. The molecule has 7 nitrogen and oxygen atoms in total. The van der Waals surface area contributed by atoms with Crippen LogP contribution in [0.2, 0.25) is 0 Å². The lowest BCUT2D eigenvalue weighted by atomic mass is 10.1. The minimum atomic E-state index is -1.13. The molecule has 0 unspecified atom stereocenters. The first-order valence-corrected chi connectivity index (χ1v) is 9.03. The Morgan fingerprint density at radius 2 is 1.73 bits per heavy atom. The second-order valence-corrected chi connectivity index (χ2v) is 6.64. The summed E-state index contributed by atoms with van der Waals surface area (Å²) in [4.78, 5) is 29.5. The average molecular weight is 404 g/mol. The van der Waals surface area contributed by atoms with Crippen LogP contribution in [0.25, 0.3) is 16.9 Å². The topological polar surface area (TPSA) is 86.9 Å². The van der Waals surface area contributed by atoms with Gasteiger partial charge in [0.1, 0.15) is 11.5 Å². The van der Waals surface area contributed by atoms with Crippen molar-refractivity contribution in [3.63, 3.8) is 0 Å². The Bertz CT molecular complexity index is 1230. The smallest absolute Gasteiger partial charge is 0.409 e. The predicted molar refractivity (Wildman–Crippen MR) is 111 cm³/mol. The van der Waals surface area contributed by atoms with Crippen molar-refractivity contribution in [2.24, 2.45) is 0 Å². The van der Waals surface area contributed by atoms with Gasteiger partial charge in [0, 0.05) is 30.2 Å². The SMILES string of the molecule is CN(C(=O)c1ccc2ncc(-c3ccc(NC(=O)O)cc3)n2c1)c1ccc(F)cc1. The molecule has 4 rings (SSSR count). The zero-order chi connectivity index (χ0) is 21.3. The molecule has 2 N–H and O–H groups in total. The molecule has 8 heteroatoms. The van der Waals surface area contributed by atoms with Crippen LogP contribution < -0.4 is 10.2 Å². The first-order chi connectivity index (χ1) is 14.4. The van der Waals surface area contributed by atoms with Gasteiger partial charge in [0.2, 0.25) is 0 Å². The zero-order valence-electron chi connectivity index (χ0n) is 15.9. The summed E-state index contributed by atoms with van der Waals surface area (Å²) in [7, 11) is 1.63. The van der Waals surface area contributed by atoms with Crippen LogP contribution in [0.3, 0.4) is 0 Å². The third-order valence-corrected chi connectivity index (χ3v) is 4.70. The number of fused-ring (bicyclic) bond motifs is 1. The van der Waals surface area contributed by atoms with Crippen molar-refractivity contribution >= 4 is 29.0 Å². The predicted octanol–water partition coefficient (Wildman–Crippen LogP) is 4.51. The van der Waals surface area contributed by atoms with E-state index in [2.05, 4.69) is 10.3 Å². The molecule has 0 aliphatic rings. The van der Waals surface area contributed by atoms with E-state index in [0.717, 1.165) is 11.3 Å². The van der Waals surface area contributed by atoms with Crippen LogP contribution in [-0.4, -0.2) is 33.5 Å². The van der Waals surface area contributed by atoms with E-state index in [9.17, 15) is 14.0 Å². The number of halogens is 1.